The van der Waals surface area contributed by atoms with E-state index in [4.69, 9.17) is 5.73 Å². The van der Waals surface area contributed by atoms with Gasteiger partial charge in [0.15, 0.2) is 5.78 Å². The Bertz CT molecular complexity index is 247. The third-order valence-electron chi connectivity index (χ3n) is 1.32. The largest absolute Gasteiger partial charge is 0.399 e. The molecule has 4 heteroatoms. The second kappa shape index (κ2) is 10.4. The number of nitrogen functional groups attached to an aromatic ring is 1. The molecule has 0 unspecified atom stereocenters. The highest BCUT2D eigenvalue weighted by Gasteiger charge is 1.95. The van der Waals surface area contributed by atoms with Crippen molar-refractivity contribution in [1.82, 2.24) is 0 Å². The molecular weight excluding hydrogens is 221 g/mol. The van der Waals surface area contributed by atoms with Crippen molar-refractivity contribution in [1.29, 1.82) is 0 Å². The van der Waals surface area contributed by atoms with E-state index in [-0.39, 0.29) is 30.6 Å². The summed E-state index contributed by atoms with van der Waals surface area (Å²) in [7, 11) is 0. The molecule has 0 aromatic heterocycles. The van der Waals surface area contributed by atoms with Crippen molar-refractivity contribution in [3.8, 4) is 0 Å². The van der Waals surface area contributed by atoms with Crippen LogP contribution in [0.2, 0.25) is 0 Å². The van der Waals surface area contributed by atoms with Gasteiger partial charge in [0.25, 0.3) is 0 Å². The average molecular weight is 238 g/mol. The van der Waals surface area contributed by atoms with E-state index in [0.717, 1.165) is 0 Å². The van der Waals surface area contributed by atoms with E-state index in [9.17, 15) is 4.79 Å². The van der Waals surface area contributed by atoms with Crippen LogP contribution < -0.4 is 5.73 Å². The summed E-state index contributed by atoms with van der Waals surface area (Å²) >= 11 is 0. The summed E-state index contributed by atoms with van der Waals surface area (Å²) in [4.78, 5) is 10.7. The molecule has 82 valence electrons. The van der Waals surface area contributed by atoms with Gasteiger partial charge in [-0.3, -0.25) is 4.79 Å². The minimum Gasteiger partial charge on any atom is -0.399 e. The maximum Gasteiger partial charge on any atom is 0.159 e. The standard InChI is InChI=1S/C8H9NO.C2H6.2ClH/c1-6(10)7-2-4-8(9)5-3-7;1-2;;/h2-5H,9H2,1H3;1-2H3;2*1H. The summed E-state index contributed by atoms with van der Waals surface area (Å²) in [5.74, 6) is 0.0694. The second-order valence-electron chi connectivity index (χ2n) is 2.18. The Morgan fingerprint density at radius 2 is 1.43 bits per heavy atom. The molecule has 0 heterocycles. The molecule has 2 N–H and O–H groups in total. The SMILES string of the molecule is CC.CC(=O)c1ccc(N)cc1.Cl.Cl. The summed E-state index contributed by atoms with van der Waals surface area (Å²) in [5, 5.41) is 0. The van der Waals surface area contributed by atoms with Gasteiger partial charge in [-0.05, 0) is 31.2 Å². The minimum atomic E-state index is 0. The monoisotopic (exact) mass is 237 g/mol. The molecule has 1 aromatic carbocycles. The number of halogens is 2. The molecule has 1 aromatic rings. The topological polar surface area (TPSA) is 43.1 Å². The molecule has 0 aliphatic rings. The van der Waals surface area contributed by atoms with Crippen LogP contribution in [0.3, 0.4) is 0 Å². The first-order valence-corrected chi connectivity index (χ1v) is 4.06. The third kappa shape index (κ3) is 6.75. The first-order chi connectivity index (χ1) is 5.70. The maximum atomic E-state index is 10.7. The van der Waals surface area contributed by atoms with Crippen LogP contribution in [0.5, 0.6) is 0 Å². The summed E-state index contributed by atoms with van der Waals surface area (Å²) in [6, 6.07) is 6.88. The van der Waals surface area contributed by atoms with E-state index >= 15 is 0 Å². The van der Waals surface area contributed by atoms with Gasteiger partial charge >= 0.3 is 0 Å². The molecule has 0 fully saturated rings. The normalized spacial score (nSPS) is 7.07. The highest BCUT2D eigenvalue weighted by Crippen LogP contribution is 2.05. The lowest BCUT2D eigenvalue weighted by molar-refractivity contribution is 0.101. The Balaban J connectivity index is -0.000000284. The number of hydrogen-bond acceptors (Lipinski definition) is 2. The number of benzene rings is 1. The van der Waals surface area contributed by atoms with Gasteiger partial charge in [-0.25, -0.2) is 0 Å². The van der Waals surface area contributed by atoms with Gasteiger partial charge in [0, 0.05) is 11.3 Å². The Morgan fingerprint density at radius 3 is 1.71 bits per heavy atom. The van der Waals surface area contributed by atoms with Crippen molar-refractivity contribution in [3.05, 3.63) is 29.8 Å². The van der Waals surface area contributed by atoms with Crippen molar-refractivity contribution in [2.24, 2.45) is 0 Å². The molecule has 0 aliphatic carbocycles. The van der Waals surface area contributed by atoms with Gasteiger partial charge in [-0.2, -0.15) is 0 Å². The number of Topliss-reactive ketones (excluding diaryl/α,β-unsaturated/α-hetero) is 1. The molecule has 0 bridgehead atoms. The second-order valence-corrected chi connectivity index (χ2v) is 2.18. The molecule has 2 nitrogen and oxygen atoms in total. The van der Waals surface area contributed by atoms with E-state index in [1.54, 1.807) is 24.3 Å². The van der Waals surface area contributed by atoms with Gasteiger partial charge in [-0.15, -0.1) is 24.8 Å². The van der Waals surface area contributed by atoms with Crippen molar-refractivity contribution in [2.45, 2.75) is 20.8 Å². The number of rotatable bonds is 1. The number of nitrogens with two attached hydrogens (primary N) is 1. The molecular formula is C10H17Cl2NO. The maximum absolute atomic E-state index is 10.7. The molecule has 0 atom stereocenters. The van der Waals surface area contributed by atoms with Crippen molar-refractivity contribution < 1.29 is 4.79 Å². The molecule has 0 radical (unpaired) electrons. The Labute approximate surface area is 97.7 Å². The lowest BCUT2D eigenvalue weighted by Crippen LogP contribution is -1.91. The Morgan fingerprint density at radius 1 is 1.07 bits per heavy atom. The summed E-state index contributed by atoms with van der Waals surface area (Å²) < 4.78 is 0. The Hall–Kier alpha value is -0.730. The first kappa shape index (κ1) is 18.9. The van der Waals surface area contributed by atoms with Crippen LogP contribution in [0, 0.1) is 0 Å². The predicted octanol–water partition coefficient (Wildman–Crippen LogP) is 3.34. The van der Waals surface area contributed by atoms with E-state index in [2.05, 4.69) is 0 Å². The van der Waals surface area contributed by atoms with E-state index in [1.165, 1.54) is 6.92 Å². The molecule has 1 rings (SSSR count). The fourth-order valence-corrected chi connectivity index (χ4v) is 0.718. The smallest absolute Gasteiger partial charge is 0.159 e. The number of carbonyl (C=O) groups excluding carboxylic acids is 1. The summed E-state index contributed by atoms with van der Waals surface area (Å²) in [6.07, 6.45) is 0. The van der Waals surface area contributed by atoms with Gasteiger partial charge in [0.05, 0.1) is 0 Å². The van der Waals surface area contributed by atoms with Gasteiger partial charge in [-0.1, -0.05) is 13.8 Å². The molecule has 0 saturated carbocycles. The van der Waals surface area contributed by atoms with Crippen LogP contribution in [0.25, 0.3) is 0 Å². The third-order valence-corrected chi connectivity index (χ3v) is 1.32. The fourth-order valence-electron chi connectivity index (χ4n) is 0.718. The minimum absolute atomic E-state index is 0. The zero-order chi connectivity index (χ0) is 9.56. The average Bonchev–Trinajstić information content (AvgIpc) is 2.09. The quantitative estimate of drug-likeness (QED) is 0.602. The lowest BCUT2D eigenvalue weighted by Gasteiger charge is -1.94. The van der Waals surface area contributed by atoms with Crippen molar-refractivity contribution in [3.63, 3.8) is 0 Å². The molecule has 0 spiro atoms. The Kier molecular flexibility index (Phi) is 14.0. The van der Waals surface area contributed by atoms with E-state index in [0.29, 0.717) is 11.3 Å². The molecule has 0 amide bonds. The molecule has 0 aliphatic heterocycles. The lowest BCUT2D eigenvalue weighted by atomic mass is 10.1. The zero-order valence-electron chi connectivity index (χ0n) is 8.61. The van der Waals surface area contributed by atoms with Crippen molar-refractivity contribution in [2.75, 3.05) is 5.73 Å². The van der Waals surface area contributed by atoms with Crippen LogP contribution in [0.4, 0.5) is 5.69 Å². The van der Waals surface area contributed by atoms with Gasteiger partial charge in [0.1, 0.15) is 0 Å². The highest BCUT2D eigenvalue weighted by atomic mass is 35.5. The van der Waals surface area contributed by atoms with E-state index < -0.39 is 0 Å². The molecule has 14 heavy (non-hydrogen) atoms. The number of ketones is 1. The fraction of sp³-hybridized carbons (Fsp3) is 0.300. The van der Waals surface area contributed by atoms with Crippen LogP contribution >= 0.6 is 24.8 Å². The predicted molar refractivity (Wildman–Crippen MR) is 66.7 cm³/mol. The van der Waals surface area contributed by atoms with Crippen LogP contribution in [-0.2, 0) is 0 Å². The van der Waals surface area contributed by atoms with Crippen LogP contribution in [0.1, 0.15) is 31.1 Å². The number of anilines is 1. The number of hydrogen-bond donors (Lipinski definition) is 1. The molecule has 0 saturated heterocycles. The van der Waals surface area contributed by atoms with Gasteiger partial charge in [0.2, 0.25) is 0 Å². The van der Waals surface area contributed by atoms with E-state index in [1.807, 2.05) is 13.8 Å². The van der Waals surface area contributed by atoms with Crippen LogP contribution in [0.15, 0.2) is 24.3 Å². The van der Waals surface area contributed by atoms with Crippen LogP contribution in [-0.4, -0.2) is 5.78 Å². The summed E-state index contributed by atoms with van der Waals surface area (Å²) in [6.45, 7) is 5.53. The first-order valence-electron chi connectivity index (χ1n) is 4.06. The van der Waals surface area contributed by atoms with Crippen molar-refractivity contribution >= 4 is 36.3 Å². The zero-order valence-corrected chi connectivity index (χ0v) is 10.2. The number of carbonyl (C=O) groups is 1. The van der Waals surface area contributed by atoms with Gasteiger partial charge < -0.3 is 5.73 Å². The highest BCUT2D eigenvalue weighted by molar-refractivity contribution is 5.94. The summed E-state index contributed by atoms with van der Waals surface area (Å²) in [5.41, 5.74) is 6.80.